The highest BCUT2D eigenvalue weighted by Crippen LogP contribution is 2.28. The van der Waals surface area contributed by atoms with Crippen LogP contribution in [0, 0.1) is 5.82 Å². The first-order valence-corrected chi connectivity index (χ1v) is 7.11. The first-order valence-electron chi connectivity index (χ1n) is 6.13. The first-order chi connectivity index (χ1) is 10.2. The lowest BCUT2D eigenvalue weighted by Crippen LogP contribution is -2.25. The highest BCUT2D eigenvalue weighted by atomic mass is 32.2. The molecule has 2 rings (SSSR count). The third-order valence-electron chi connectivity index (χ3n) is 2.78. The van der Waals surface area contributed by atoms with E-state index in [1.165, 1.54) is 17.0 Å². The van der Waals surface area contributed by atoms with E-state index in [1.807, 2.05) is 0 Å². The second-order valence-corrected chi connectivity index (χ2v) is 5.32. The van der Waals surface area contributed by atoms with Crippen molar-refractivity contribution in [2.75, 3.05) is 30.4 Å². The van der Waals surface area contributed by atoms with Crippen LogP contribution < -0.4 is 4.90 Å². The molecule has 0 spiro atoms. The number of alkyl halides is 1. The number of anilines is 1. The number of amides is 1. The molecule has 1 atom stereocenters. The normalized spacial score (nSPS) is 17.5. The fourth-order valence-corrected chi connectivity index (χ4v) is 2.54. The molecule has 0 aliphatic carbocycles. The molecule has 0 bridgehead atoms. The van der Waals surface area contributed by atoms with E-state index in [1.54, 1.807) is 6.07 Å². The Labute approximate surface area is 123 Å². The Morgan fingerprint density at radius 2 is 2.38 bits per heavy atom. The van der Waals surface area contributed by atoms with Gasteiger partial charge in [-0.1, -0.05) is 5.11 Å². The lowest BCUT2D eigenvalue weighted by Gasteiger charge is -2.13. The Morgan fingerprint density at radius 1 is 1.57 bits per heavy atom. The number of thioether (sulfide) groups is 1. The van der Waals surface area contributed by atoms with Gasteiger partial charge >= 0.3 is 6.09 Å². The molecule has 1 aromatic carbocycles. The van der Waals surface area contributed by atoms with E-state index in [0.29, 0.717) is 10.6 Å². The van der Waals surface area contributed by atoms with Crippen LogP contribution in [0.15, 0.2) is 28.2 Å². The molecular formula is C12H12F2N4O2S. The summed E-state index contributed by atoms with van der Waals surface area (Å²) in [6.07, 6.45) is -1.16. The van der Waals surface area contributed by atoms with E-state index in [9.17, 15) is 13.6 Å². The highest BCUT2D eigenvalue weighted by molar-refractivity contribution is 7.99. The third kappa shape index (κ3) is 3.77. The fourth-order valence-electron chi connectivity index (χ4n) is 1.88. The molecule has 6 nitrogen and oxygen atoms in total. The molecule has 112 valence electrons. The Morgan fingerprint density at radius 3 is 3.05 bits per heavy atom. The van der Waals surface area contributed by atoms with Gasteiger partial charge in [-0.25, -0.2) is 9.18 Å². The summed E-state index contributed by atoms with van der Waals surface area (Å²) in [4.78, 5) is 15.9. The van der Waals surface area contributed by atoms with Crippen LogP contribution in [0.25, 0.3) is 10.4 Å². The second kappa shape index (κ2) is 7.14. The number of hydrogen-bond acceptors (Lipinski definition) is 4. The molecule has 0 saturated carbocycles. The van der Waals surface area contributed by atoms with E-state index in [4.69, 9.17) is 10.3 Å². The summed E-state index contributed by atoms with van der Waals surface area (Å²) in [7, 11) is 0. The number of nitrogens with zero attached hydrogens (tertiary/aromatic N) is 4. The lowest BCUT2D eigenvalue weighted by molar-refractivity contribution is 0.145. The number of rotatable bonds is 6. The van der Waals surface area contributed by atoms with Crippen LogP contribution in [0.3, 0.4) is 0 Å². The van der Waals surface area contributed by atoms with Crippen LogP contribution >= 0.6 is 11.8 Å². The van der Waals surface area contributed by atoms with Gasteiger partial charge in [0.15, 0.2) is 0 Å². The van der Waals surface area contributed by atoms with Gasteiger partial charge in [0.05, 0.1) is 25.5 Å². The summed E-state index contributed by atoms with van der Waals surface area (Å²) in [5.41, 5.74) is 8.59. The van der Waals surface area contributed by atoms with Crippen LogP contribution in [0.2, 0.25) is 0 Å². The standard InChI is InChI=1S/C12H12F2N4O2S/c13-3-4-21-11-2-1-8(5-10(11)14)18-7-9(6-16-17-15)20-12(18)19/h1-2,5,9H,3-4,6-7H2/t9-/m0/s1. The quantitative estimate of drug-likeness (QED) is 0.349. The van der Waals surface area contributed by atoms with Gasteiger partial charge in [-0.05, 0) is 23.7 Å². The molecule has 1 amide bonds. The Kier molecular flexibility index (Phi) is 5.24. The Balaban J connectivity index is 2.09. The maximum atomic E-state index is 13.9. The van der Waals surface area contributed by atoms with Crippen molar-refractivity contribution in [3.8, 4) is 0 Å². The molecule has 1 aliphatic heterocycles. The fraction of sp³-hybridized carbons (Fsp3) is 0.417. The van der Waals surface area contributed by atoms with Crippen molar-refractivity contribution in [3.63, 3.8) is 0 Å². The van der Waals surface area contributed by atoms with Crippen molar-refractivity contribution in [2.45, 2.75) is 11.0 Å². The predicted molar refractivity (Wildman–Crippen MR) is 74.7 cm³/mol. The summed E-state index contributed by atoms with van der Waals surface area (Å²) >= 11 is 1.07. The second-order valence-electron chi connectivity index (χ2n) is 4.18. The zero-order valence-corrected chi connectivity index (χ0v) is 11.7. The minimum Gasteiger partial charge on any atom is -0.444 e. The number of halogens is 2. The van der Waals surface area contributed by atoms with Crippen LogP contribution in [0.5, 0.6) is 0 Å². The number of carbonyl (C=O) groups excluding carboxylic acids is 1. The number of benzene rings is 1. The molecule has 0 unspecified atom stereocenters. The topological polar surface area (TPSA) is 78.3 Å². The highest BCUT2D eigenvalue weighted by Gasteiger charge is 2.32. The van der Waals surface area contributed by atoms with Crippen molar-refractivity contribution < 1.29 is 18.3 Å². The van der Waals surface area contributed by atoms with Gasteiger partial charge in [0, 0.05) is 15.6 Å². The third-order valence-corrected chi connectivity index (χ3v) is 3.78. The molecule has 1 heterocycles. The molecule has 0 aromatic heterocycles. The van der Waals surface area contributed by atoms with E-state index in [-0.39, 0.29) is 18.8 Å². The number of hydrogen-bond donors (Lipinski definition) is 0. The average molecular weight is 314 g/mol. The summed E-state index contributed by atoms with van der Waals surface area (Å²) in [6.45, 7) is -0.314. The summed E-state index contributed by atoms with van der Waals surface area (Å²) in [6, 6.07) is 4.28. The minimum absolute atomic E-state index is 0.0334. The van der Waals surface area contributed by atoms with Crippen molar-refractivity contribution in [2.24, 2.45) is 5.11 Å². The summed E-state index contributed by atoms with van der Waals surface area (Å²) in [5.74, 6) is -0.340. The zero-order valence-electron chi connectivity index (χ0n) is 10.9. The Bertz CT molecular complexity index is 580. The van der Waals surface area contributed by atoms with Crippen LogP contribution in [0.1, 0.15) is 0 Å². The maximum Gasteiger partial charge on any atom is 0.414 e. The van der Waals surface area contributed by atoms with E-state index >= 15 is 0 Å². The SMILES string of the molecule is [N-]=[N+]=NC[C@H]1CN(c2ccc(SCCF)c(F)c2)C(=O)O1. The number of ether oxygens (including phenoxy) is 1. The van der Waals surface area contributed by atoms with Gasteiger partial charge in [0.1, 0.15) is 11.9 Å². The largest absolute Gasteiger partial charge is 0.444 e. The summed E-state index contributed by atoms with van der Waals surface area (Å²) in [5, 5.41) is 3.35. The van der Waals surface area contributed by atoms with Crippen LogP contribution in [-0.4, -0.2) is 37.7 Å². The van der Waals surface area contributed by atoms with Crippen molar-refractivity contribution in [1.29, 1.82) is 0 Å². The van der Waals surface area contributed by atoms with E-state index < -0.39 is 24.7 Å². The van der Waals surface area contributed by atoms with Crippen LogP contribution in [-0.2, 0) is 4.74 Å². The smallest absolute Gasteiger partial charge is 0.414 e. The lowest BCUT2D eigenvalue weighted by atomic mass is 10.2. The number of azide groups is 1. The van der Waals surface area contributed by atoms with Gasteiger partial charge in [-0.15, -0.1) is 11.8 Å². The zero-order chi connectivity index (χ0) is 15.2. The molecule has 1 saturated heterocycles. The van der Waals surface area contributed by atoms with Crippen molar-refractivity contribution in [1.82, 2.24) is 0 Å². The van der Waals surface area contributed by atoms with Crippen molar-refractivity contribution >= 4 is 23.5 Å². The number of carbonyl (C=O) groups is 1. The molecule has 9 heteroatoms. The molecular weight excluding hydrogens is 302 g/mol. The van der Waals surface area contributed by atoms with E-state index in [2.05, 4.69) is 10.0 Å². The molecule has 21 heavy (non-hydrogen) atoms. The van der Waals surface area contributed by atoms with Gasteiger partial charge < -0.3 is 4.74 Å². The molecule has 0 N–H and O–H groups in total. The summed E-state index contributed by atoms with van der Waals surface area (Å²) < 4.78 is 31.0. The van der Waals surface area contributed by atoms with Gasteiger partial charge in [-0.2, -0.15) is 0 Å². The van der Waals surface area contributed by atoms with Crippen molar-refractivity contribution in [3.05, 3.63) is 34.5 Å². The molecule has 0 radical (unpaired) electrons. The minimum atomic E-state index is -0.614. The molecule has 1 fully saturated rings. The number of cyclic esters (lactones) is 1. The predicted octanol–water partition coefficient (Wildman–Crippen LogP) is 3.52. The molecule has 1 aromatic rings. The average Bonchev–Trinajstić information content (AvgIpc) is 2.85. The monoisotopic (exact) mass is 314 g/mol. The molecule has 1 aliphatic rings. The van der Waals surface area contributed by atoms with Gasteiger partial charge in [0.25, 0.3) is 0 Å². The Hall–Kier alpha value is -1.99. The maximum absolute atomic E-state index is 13.9. The first kappa shape index (κ1) is 15.4. The van der Waals surface area contributed by atoms with Crippen LogP contribution in [0.4, 0.5) is 19.3 Å². The van der Waals surface area contributed by atoms with Gasteiger partial charge in [-0.3, -0.25) is 9.29 Å². The van der Waals surface area contributed by atoms with Gasteiger partial charge in [0.2, 0.25) is 0 Å². The van der Waals surface area contributed by atoms with E-state index in [0.717, 1.165) is 11.8 Å².